The first-order valence-electron chi connectivity index (χ1n) is 9.19. The Morgan fingerprint density at radius 2 is 1.56 bits per heavy atom. The van der Waals surface area contributed by atoms with Gasteiger partial charge < -0.3 is 0 Å². The molecule has 0 atom stereocenters. The fourth-order valence-electron chi connectivity index (χ4n) is 3.06. The van der Waals surface area contributed by atoms with Crippen LogP contribution in [-0.2, 0) is 12.8 Å². The van der Waals surface area contributed by atoms with Crippen molar-refractivity contribution in [2.24, 2.45) is 0 Å². The molecule has 3 rings (SSSR count). The molecule has 0 saturated carbocycles. The van der Waals surface area contributed by atoms with E-state index in [-0.39, 0.29) is 5.82 Å². The average Bonchev–Trinajstić information content (AvgIpc) is 3.09. The van der Waals surface area contributed by atoms with E-state index in [1.807, 2.05) is 18.2 Å². The third-order valence-corrected chi connectivity index (χ3v) is 5.68. The molecule has 0 bridgehead atoms. The highest BCUT2D eigenvalue weighted by atomic mass is 32.1. The first kappa shape index (κ1) is 17.9. The van der Waals surface area contributed by atoms with Crippen LogP contribution in [0.4, 0.5) is 4.39 Å². The van der Waals surface area contributed by atoms with E-state index in [9.17, 15) is 4.39 Å². The van der Waals surface area contributed by atoms with Gasteiger partial charge in [0.05, 0.1) is 0 Å². The van der Waals surface area contributed by atoms with Crippen LogP contribution in [0.15, 0.2) is 54.6 Å². The summed E-state index contributed by atoms with van der Waals surface area (Å²) in [4.78, 5) is 2.36. The molecule has 0 spiro atoms. The normalized spacial score (nSPS) is 11.0. The smallest absolute Gasteiger partial charge is 0.132 e. The highest BCUT2D eigenvalue weighted by molar-refractivity contribution is 7.15. The lowest BCUT2D eigenvalue weighted by Crippen LogP contribution is -1.86. The molecule has 2 aromatic carbocycles. The van der Waals surface area contributed by atoms with Crippen molar-refractivity contribution in [2.75, 3.05) is 0 Å². The average molecular weight is 353 g/mol. The van der Waals surface area contributed by atoms with E-state index in [2.05, 4.69) is 44.2 Å². The fraction of sp³-hybridized carbons (Fsp3) is 0.304. The van der Waals surface area contributed by atoms with Crippen molar-refractivity contribution in [2.45, 2.75) is 46.0 Å². The number of unbranched alkanes of at least 4 members (excludes halogenated alkanes) is 1. The molecule has 25 heavy (non-hydrogen) atoms. The molecule has 3 aromatic rings. The van der Waals surface area contributed by atoms with E-state index in [1.165, 1.54) is 23.3 Å². The maximum absolute atomic E-state index is 14.7. The standard InChI is InChI=1S/C23H25FS/c1-3-5-7-20-13-15-23(25-20)21-14-12-19(16-22(21)24)18-10-8-17(6-4-2)9-11-18/h8-16H,3-7H2,1-2H3. The Hall–Kier alpha value is -1.93. The van der Waals surface area contributed by atoms with Crippen molar-refractivity contribution in [3.05, 3.63) is 70.9 Å². The Labute approximate surface area is 154 Å². The van der Waals surface area contributed by atoms with E-state index in [1.54, 1.807) is 17.4 Å². The van der Waals surface area contributed by atoms with Crippen molar-refractivity contribution in [3.8, 4) is 21.6 Å². The van der Waals surface area contributed by atoms with E-state index >= 15 is 0 Å². The number of halogens is 1. The summed E-state index contributed by atoms with van der Waals surface area (Å²) in [7, 11) is 0. The van der Waals surface area contributed by atoms with Crippen LogP contribution >= 0.6 is 11.3 Å². The number of rotatable bonds is 7. The summed E-state index contributed by atoms with van der Waals surface area (Å²) in [5.41, 5.74) is 4.05. The molecule has 0 unspecified atom stereocenters. The van der Waals surface area contributed by atoms with Crippen molar-refractivity contribution < 1.29 is 4.39 Å². The molecule has 1 aromatic heterocycles. The van der Waals surface area contributed by atoms with Crippen molar-refractivity contribution in [1.82, 2.24) is 0 Å². The van der Waals surface area contributed by atoms with Crippen molar-refractivity contribution in [3.63, 3.8) is 0 Å². The Balaban J connectivity index is 1.81. The Morgan fingerprint density at radius 1 is 0.800 bits per heavy atom. The Bertz CT molecular complexity index is 814. The van der Waals surface area contributed by atoms with Gasteiger partial charge in [0.2, 0.25) is 0 Å². The SMILES string of the molecule is CCCCc1ccc(-c2ccc(-c3ccc(CCC)cc3)cc2F)s1. The number of hydrogen-bond donors (Lipinski definition) is 0. The molecule has 1 heterocycles. The topological polar surface area (TPSA) is 0 Å². The van der Waals surface area contributed by atoms with E-state index in [4.69, 9.17) is 0 Å². The second-order valence-electron chi connectivity index (χ2n) is 6.51. The zero-order valence-electron chi connectivity index (χ0n) is 15.0. The predicted molar refractivity (Wildman–Crippen MR) is 108 cm³/mol. The van der Waals surface area contributed by atoms with E-state index in [0.717, 1.165) is 35.3 Å². The van der Waals surface area contributed by atoms with Gasteiger partial charge in [-0.25, -0.2) is 4.39 Å². The lowest BCUT2D eigenvalue weighted by Gasteiger charge is -2.07. The molecule has 0 radical (unpaired) electrons. The largest absolute Gasteiger partial charge is 0.206 e. The monoisotopic (exact) mass is 352 g/mol. The second kappa shape index (κ2) is 8.44. The fourth-order valence-corrected chi connectivity index (χ4v) is 4.13. The minimum Gasteiger partial charge on any atom is -0.206 e. The lowest BCUT2D eigenvalue weighted by atomic mass is 10.0. The van der Waals surface area contributed by atoms with Crippen LogP contribution in [0.3, 0.4) is 0 Å². The molecule has 130 valence electrons. The zero-order chi connectivity index (χ0) is 17.6. The summed E-state index contributed by atoms with van der Waals surface area (Å²) >= 11 is 1.71. The zero-order valence-corrected chi connectivity index (χ0v) is 15.8. The first-order valence-corrected chi connectivity index (χ1v) is 10.0. The van der Waals surface area contributed by atoms with Crippen LogP contribution in [0, 0.1) is 5.82 Å². The quantitative estimate of drug-likeness (QED) is 0.412. The van der Waals surface area contributed by atoms with Crippen LogP contribution in [0.25, 0.3) is 21.6 Å². The van der Waals surface area contributed by atoms with Gasteiger partial charge in [-0.15, -0.1) is 11.3 Å². The second-order valence-corrected chi connectivity index (χ2v) is 7.68. The van der Waals surface area contributed by atoms with Gasteiger partial charge in [0.25, 0.3) is 0 Å². The third-order valence-electron chi connectivity index (χ3n) is 4.50. The van der Waals surface area contributed by atoms with Crippen molar-refractivity contribution in [1.29, 1.82) is 0 Å². The number of benzene rings is 2. The molecule has 0 fully saturated rings. The van der Waals surface area contributed by atoms with Gasteiger partial charge >= 0.3 is 0 Å². The Morgan fingerprint density at radius 3 is 2.24 bits per heavy atom. The highest BCUT2D eigenvalue weighted by Gasteiger charge is 2.10. The van der Waals surface area contributed by atoms with Gasteiger partial charge in [-0.3, -0.25) is 0 Å². The van der Waals surface area contributed by atoms with Crippen molar-refractivity contribution >= 4 is 11.3 Å². The molecule has 0 aliphatic rings. The minimum absolute atomic E-state index is 0.140. The van der Waals surface area contributed by atoms with Crippen LogP contribution in [-0.4, -0.2) is 0 Å². The molecule has 0 aliphatic carbocycles. The molecule has 0 aliphatic heterocycles. The minimum atomic E-state index is -0.140. The van der Waals surface area contributed by atoms with Crippen LogP contribution in [0.5, 0.6) is 0 Å². The van der Waals surface area contributed by atoms with Crippen LogP contribution < -0.4 is 0 Å². The summed E-state index contributed by atoms with van der Waals surface area (Å²) < 4.78 is 14.7. The van der Waals surface area contributed by atoms with Crippen LogP contribution in [0.1, 0.15) is 43.6 Å². The summed E-state index contributed by atoms with van der Waals surface area (Å²) in [5.74, 6) is -0.140. The molecular weight excluding hydrogens is 327 g/mol. The third kappa shape index (κ3) is 4.38. The van der Waals surface area contributed by atoms with E-state index in [0.29, 0.717) is 5.56 Å². The van der Waals surface area contributed by atoms with Gasteiger partial charge in [-0.1, -0.05) is 57.0 Å². The number of thiophene rings is 1. The molecular formula is C23H25FS. The summed E-state index contributed by atoms with van der Waals surface area (Å²) in [6, 6.07) is 18.3. The highest BCUT2D eigenvalue weighted by Crippen LogP contribution is 2.33. The molecule has 0 nitrogen and oxygen atoms in total. The van der Waals surface area contributed by atoms with Gasteiger partial charge in [-0.2, -0.15) is 0 Å². The lowest BCUT2D eigenvalue weighted by molar-refractivity contribution is 0.632. The molecule has 0 saturated heterocycles. The van der Waals surface area contributed by atoms with Gasteiger partial charge in [-0.05, 0) is 60.2 Å². The predicted octanol–water partition coefficient (Wildman–Crippen LogP) is 7.52. The number of aryl methyl sites for hydroxylation is 2. The molecule has 0 amide bonds. The van der Waals surface area contributed by atoms with Crippen LogP contribution in [0.2, 0.25) is 0 Å². The maximum atomic E-state index is 14.7. The number of hydrogen-bond acceptors (Lipinski definition) is 1. The first-order chi connectivity index (χ1) is 12.2. The maximum Gasteiger partial charge on any atom is 0.132 e. The van der Waals surface area contributed by atoms with Gasteiger partial charge in [0.1, 0.15) is 5.82 Å². The van der Waals surface area contributed by atoms with Gasteiger partial charge in [0, 0.05) is 15.3 Å². The molecule has 2 heteroatoms. The Kier molecular flexibility index (Phi) is 6.04. The summed E-state index contributed by atoms with van der Waals surface area (Å²) in [6.45, 7) is 4.38. The summed E-state index contributed by atoms with van der Waals surface area (Å²) in [6.07, 6.45) is 5.70. The molecule has 0 N–H and O–H groups in total. The summed E-state index contributed by atoms with van der Waals surface area (Å²) in [5, 5.41) is 0. The van der Waals surface area contributed by atoms with E-state index < -0.39 is 0 Å². The van der Waals surface area contributed by atoms with Gasteiger partial charge in [0.15, 0.2) is 0 Å².